The third kappa shape index (κ3) is 2.35. The minimum Gasteiger partial charge on any atom is -0.476 e. The largest absolute Gasteiger partial charge is 0.476 e. The molecule has 1 N–H and O–H groups in total. The van der Waals surface area contributed by atoms with Gasteiger partial charge < -0.3 is 5.11 Å². The summed E-state index contributed by atoms with van der Waals surface area (Å²) in [6, 6.07) is 13.5. The Morgan fingerprint density at radius 1 is 1.18 bits per heavy atom. The van der Waals surface area contributed by atoms with E-state index in [2.05, 4.69) is 10.3 Å². The fraction of sp³-hybridized carbons (Fsp3) is 0.0625. The molecule has 0 saturated carbocycles. The zero-order valence-electron chi connectivity index (χ0n) is 11.7. The first-order chi connectivity index (χ1) is 10.6. The molecule has 0 unspecified atom stereocenters. The molecule has 2 aromatic carbocycles. The van der Waals surface area contributed by atoms with E-state index in [0.717, 1.165) is 0 Å². The van der Waals surface area contributed by atoms with E-state index in [1.165, 1.54) is 10.7 Å². The smallest absolute Gasteiger partial charge is 0.358 e. The van der Waals surface area contributed by atoms with Crippen molar-refractivity contribution in [1.29, 1.82) is 0 Å². The molecule has 0 amide bonds. The standard InChI is InChI=1S/C16H12FN3O2/c1-10-7-8-12(9-13(10)17)20-15(11-5-3-2-4-6-11)14(16(21)22)18-19-20/h2-9H,1H3,(H,21,22). The van der Waals surface area contributed by atoms with Gasteiger partial charge in [0.2, 0.25) is 0 Å². The molecular weight excluding hydrogens is 285 g/mol. The number of nitrogens with zero attached hydrogens (tertiary/aromatic N) is 3. The van der Waals surface area contributed by atoms with Crippen LogP contribution in [0.1, 0.15) is 16.1 Å². The topological polar surface area (TPSA) is 68.0 Å². The lowest BCUT2D eigenvalue weighted by Gasteiger charge is -2.08. The second-order valence-electron chi connectivity index (χ2n) is 4.80. The number of rotatable bonds is 3. The number of benzene rings is 2. The molecule has 1 aromatic heterocycles. The quantitative estimate of drug-likeness (QED) is 0.806. The van der Waals surface area contributed by atoms with Gasteiger partial charge >= 0.3 is 5.97 Å². The summed E-state index contributed by atoms with van der Waals surface area (Å²) in [5.41, 5.74) is 1.71. The maximum absolute atomic E-state index is 13.8. The molecule has 5 nitrogen and oxygen atoms in total. The van der Waals surface area contributed by atoms with E-state index >= 15 is 0 Å². The van der Waals surface area contributed by atoms with Crippen LogP contribution >= 0.6 is 0 Å². The van der Waals surface area contributed by atoms with Crippen LogP contribution in [0.3, 0.4) is 0 Å². The molecular formula is C16H12FN3O2. The first-order valence-corrected chi connectivity index (χ1v) is 6.59. The zero-order chi connectivity index (χ0) is 15.7. The van der Waals surface area contributed by atoms with Crippen LogP contribution in [-0.4, -0.2) is 26.1 Å². The minimum atomic E-state index is -1.18. The Morgan fingerprint density at radius 2 is 1.91 bits per heavy atom. The minimum absolute atomic E-state index is 0.174. The molecule has 0 aliphatic rings. The van der Waals surface area contributed by atoms with Gasteiger partial charge in [0, 0.05) is 5.56 Å². The molecule has 0 fully saturated rings. The SMILES string of the molecule is Cc1ccc(-n2nnc(C(=O)O)c2-c2ccccc2)cc1F. The Hall–Kier alpha value is -3.02. The van der Waals surface area contributed by atoms with Crippen LogP contribution in [0.25, 0.3) is 16.9 Å². The average Bonchev–Trinajstić information content (AvgIpc) is 2.96. The molecule has 0 spiro atoms. The molecule has 1 heterocycles. The molecule has 0 radical (unpaired) electrons. The molecule has 0 aliphatic heterocycles. The van der Waals surface area contributed by atoms with Crippen LogP contribution < -0.4 is 0 Å². The summed E-state index contributed by atoms with van der Waals surface area (Å²) in [4.78, 5) is 11.4. The Morgan fingerprint density at radius 3 is 2.55 bits per heavy atom. The van der Waals surface area contributed by atoms with E-state index in [-0.39, 0.29) is 11.5 Å². The summed E-state index contributed by atoms with van der Waals surface area (Å²) < 4.78 is 15.1. The summed E-state index contributed by atoms with van der Waals surface area (Å²) >= 11 is 0. The second-order valence-corrected chi connectivity index (χ2v) is 4.80. The monoisotopic (exact) mass is 297 g/mol. The highest BCUT2D eigenvalue weighted by molar-refractivity contribution is 5.93. The molecule has 110 valence electrons. The molecule has 0 aliphatic carbocycles. The van der Waals surface area contributed by atoms with Gasteiger partial charge in [-0.3, -0.25) is 0 Å². The third-order valence-electron chi connectivity index (χ3n) is 3.32. The number of aryl methyl sites for hydroxylation is 1. The van der Waals surface area contributed by atoms with Gasteiger partial charge in [0.05, 0.1) is 5.69 Å². The lowest BCUT2D eigenvalue weighted by molar-refractivity contribution is 0.0691. The Bertz CT molecular complexity index is 844. The highest BCUT2D eigenvalue weighted by atomic mass is 19.1. The number of aromatic nitrogens is 3. The maximum Gasteiger partial charge on any atom is 0.358 e. The van der Waals surface area contributed by atoms with Crippen molar-refractivity contribution in [2.75, 3.05) is 0 Å². The molecule has 0 saturated heterocycles. The van der Waals surface area contributed by atoms with Crippen LogP contribution in [0.2, 0.25) is 0 Å². The Kier molecular flexibility index (Phi) is 3.42. The summed E-state index contributed by atoms with van der Waals surface area (Å²) in [6.07, 6.45) is 0. The van der Waals surface area contributed by atoms with E-state index in [0.29, 0.717) is 22.5 Å². The van der Waals surface area contributed by atoms with Gasteiger partial charge in [-0.2, -0.15) is 0 Å². The molecule has 0 atom stereocenters. The van der Waals surface area contributed by atoms with Crippen molar-refractivity contribution in [2.45, 2.75) is 6.92 Å². The van der Waals surface area contributed by atoms with Crippen LogP contribution in [0.15, 0.2) is 48.5 Å². The van der Waals surface area contributed by atoms with Gasteiger partial charge in [0.25, 0.3) is 0 Å². The fourth-order valence-corrected chi connectivity index (χ4v) is 2.18. The highest BCUT2D eigenvalue weighted by Gasteiger charge is 2.21. The van der Waals surface area contributed by atoms with Gasteiger partial charge in [0.1, 0.15) is 11.5 Å². The van der Waals surface area contributed by atoms with Crippen molar-refractivity contribution >= 4 is 5.97 Å². The van der Waals surface area contributed by atoms with Crippen molar-refractivity contribution in [1.82, 2.24) is 15.0 Å². The van der Waals surface area contributed by atoms with E-state index < -0.39 is 5.97 Å². The summed E-state index contributed by atoms with van der Waals surface area (Å²) in [6.45, 7) is 1.65. The fourth-order valence-electron chi connectivity index (χ4n) is 2.18. The highest BCUT2D eigenvalue weighted by Crippen LogP contribution is 2.25. The first kappa shape index (κ1) is 13.9. The summed E-state index contributed by atoms with van der Waals surface area (Å²) in [5.74, 6) is -1.57. The number of hydrogen-bond donors (Lipinski definition) is 1. The van der Waals surface area contributed by atoms with Gasteiger partial charge in [-0.05, 0) is 24.6 Å². The molecule has 22 heavy (non-hydrogen) atoms. The van der Waals surface area contributed by atoms with E-state index in [9.17, 15) is 14.3 Å². The van der Waals surface area contributed by atoms with E-state index in [1.807, 2.05) is 6.07 Å². The Balaban J connectivity index is 2.24. The lowest BCUT2D eigenvalue weighted by atomic mass is 10.1. The molecule has 6 heteroatoms. The van der Waals surface area contributed by atoms with Crippen molar-refractivity contribution in [3.8, 4) is 16.9 Å². The normalized spacial score (nSPS) is 10.6. The maximum atomic E-state index is 13.8. The molecule has 3 aromatic rings. The summed E-state index contributed by atoms with van der Waals surface area (Å²) in [7, 11) is 0. The lowest BCUT2D eigenvalue weighted by Crippen LogP contribution is -2.03. The van der Waals surface area contributed by atoms with E-state index in [4.69, 9.17) is 0 Å². The predicted octanol–water partition coefficient (Wildman–Crippen LogP) is 3.08. The van der Waals surface area contributed by atoms with Crippen molar-refractivity contribution < 1.29 is 14.3 Å². The Labute approximate surface area is 125 Å². The number of carboxylic acids is 1. The number of aromatic carboxylic acids is 1. The number of halogens is 1. The van der Waals surface area contributed by atoms with Crippen LogP contribution in [0.5, 0.6) is 0 Å². The van der Waals surface area contributed by atoms with Crippen molar-refractivity contribution in [3.05, 3.63) is 65.6 Å². The first-order valence-electron chi connectivity index (χ1n) is 6.59. The van der Waals surface area contributed by atoms with Crippen molar-refractivity contribution in [3.63, 3.8) is 0 Å². The van der Waals surface area contributed by atoms with Crippen molar-refractivity contribution in [2.24, 2.45) is 0 Å². The predicted molar refractivity (Wildman–Crippen MR) is 78.4 cm³/mol. The molecule has 0 bridgehead atoms. The van der Waals surface area contributed by atoms with Gasteiger partial charge in [-0.1, -0.05) is 41.6 Å². The summed E-state index contributed by atoms with van der Waals surface area (Å²) in [5, 5.41) is 16.9. The van der Waals surface area contributed by atoms with E-state index in [1.54, 1.807) is 43.3 Å². The van der Waals surface area contributed by atoms with Gasteiger partial charge in [0.15, 0.2) is 5.69 Å². The molecule has 3 rings (SSSR count). The zero-order valence-corrected chi connectivity index (χ0v) is 11.7. The van der Waals surface area contributed by atoms with Gasteiger partial charge in [-0.15, -0.1) is 5.10 Å². The number of hydrogen-bond acceptors (Lipinski definition) is 3. The van der Waals surface area contributed by atoms with Crippen LogP contribution in [0.4, 0.5) is 4.39 Å². The number of carbonyl (C=O) groups is 1. The average molecular weight is 297 g/mol. The second kappa shape index (κ2) is 5.40. The van der Waals surface area contributed by atoms with Crippen LogP contribution in [0, 0.1) is 12.7 Å². The third-order valence-corrected chi connectivity index (χ3v) is 3.32. The van der Waals surface area contributed by atoms with Gasteiger partial charge in [-0.25, -0.2) is 13.9 Å². The van der Waals surface area contributed by atoms with Crippen LogP contribution in [-0.2, 0) is 0 Å². The number of carboxylic acid groups (broad SMARTS) is 1.